The van der Waals surface area contributed by atoms with Crippen LogP contribution in [0.25, 0.3) is 11.3 Å². The molecule has 1 fully saturated rings. The number of ether oxygens (including phenoxy) is 1. The van der Waals surface area contributed by atoms with E-state index < -0.39 is 0 Å². The molecule has 12 heteroatoms. The van der Waals surface area contributed by atoms with Gasteiger partial charge in [0.25, 0.3) is 11.8 Å². The highest BCUT2D eigenvalue weighted by atomic mass is 35.5. The van der Waals surface area contributed by atoms with E-state index in [-0.39, 0.29) is 36.0 Å². The number of H-pyrrole nitrogens is 1. The van der Waals surface area contributed by atoms with Crippen molar-refractivity contribution >= 4 is 47.2 Å². The maximum absolute atomic E-state index is 14.6. The SMILES string of the molecule is Cc1c(N(C(=O)c2c[nH]c(-c3cc(Cl)ccc3C(=O)N3Cc4ccccc4C[C@H]3CN3CCOCC3)c2)c2ccc(O)cc2)cc(C#N)n1C.Cl. The summed E-state index contributed by atoms with van der Waals surface area (Å²) in [6.07, 6.45) is 2.37. The minimum absolute atomic E-state index is 0. The molecule has 3 aromatic carbocycles. The van der Waals surface area contributed by atoms with Crippen molar-refractivity contribution in [3.05, 3.63) is 124 Å². The molecule has 2 amide bonds. The Morgan fingerprint density at radius 1 is 1.04 bits per heavy atom. The Hall–Kier alpha value is -5.05. The second-order valence-corrected chi connectivity index (χ2v) is 13.2. The number of nitriles is 1. The summed E-state index contributed by atoms with van der Waals surface area (Å²) < 4.78 is 7.31. The minimum atomic E-state index is -0.357. The molecular weight excluding hydrogens is 687 g/mol. The van der Waals surface area contributed by atoms with E-state index in [2.05, 4.69) is 28.1 Å². The van der Waals surface area contributed by atoms with E-state index in [1.54, 1.807) is 60.3 Å². The van der Waals surface area contributed by atoms with Crippen LogP contribution in [0.5, 0.6) is 5.75 Å². The van der Waals surface area contributed by atoms with Gasteiger partial charge in [0.15, 0.2) is 0 Å². The van der Waals surface area contributed by atoms with Crippen molar-refractivity contribution in [3.8, 4) is 23.1 Å². The maximum atomic E-state index is 14.6. The van der Waals surface area contributed by atoms with Gasteiger partial charge in [-0.2, -0.15) is 5.26 Å². The number of anilines is 2. The average molecular weight is 726 g/mol. The first-order valence-corrected chi connectivity index (χ1v) is 17.0. The summed E-state index contributed by atoms with van der Waals surface area (Å²) >= 11 is 6.54. The summed E-state index contributed by atoms with van der Waals surface area (Å²) in [5.74, 6) is -0.402. The average Bonchev–Trinajstić information content (AvgIpc) is 3.74. The fourth-order valence-electron chi connectivity index (χ4n) is 6.94. The number of nitrogens with one attached hydrogen (secondary N) is 1. The zero-order valence-corrected chi connectivity index (χ0v) is 29.9. The number of nitrogens with zero attached hydrogens (tertiary/aromatic N) is 5. The fourth-order valence-corrected chi connectivity index (χ4v) is 7.11. The zero-order chi connectivity index (χ0) is 34.9. The Labute approximate surface area is 307 Å². The molecule has 51 heavy (non-hydrogen) atoms. The molecule has 7 rings (SSSR count). The van der Waals surface area contributed by atoms with Gasteiger partial charge in [0.1, 0.15) is 17.5 Å². The molecule has 0 saturated carbocycles. The number of carbonyl (C=O) groups is 2. The van der Waals surface area contributed by atoms with E-state index in [4.69, 9.17) is 16.3 Å². The van der Waals surface area contributed by atoms with Gasteiger partial charge in [-0.05, 0) is 79.1 Å². The molecule has 0 unspecified atom stereocenters. The van der Waals surface area contributed by atoms with Gasteiger partial charge < -0.3 is 24.3 Å². The normalized spacial score (nSPS) is 15.8. The lowest BCUT2D eigenvalue weighted by Crippen LogP contribution is -2.52. The van der Waals surface area contributed by atoms with E-state index in [1.807, 2.05) is 24.0 Å². The highest BCUT2D eigenvalue weighted by Crippen LogP contribution is 2.36. The van der Waals surface area contributed by atoms with E-state index in [0.717, 1.165) is 37.3 Å². The molecule has 0 aliphatic carbocycles. The van der Waals surface area contributed by atoms with E-state index in [9.17, 15) is 20.0 Å². The molecule has 1 atom stereocenters. The monoisotopic (exact) mass is 724 g/mol. The lowest BCUT2D eigenvalue weighted by molar-refractivity contribution is 0.0193. The molecule has 2 aliphatic rings. The standard InChI is InChI=1S/C39H37ClN6O4.ClH/c1-25-37(20-31(21-41)43(25)2)46(30-8-10-33(47)11-9-30)38(48)28-18-36(42-22-28)35-19-29(40)7-12-34(35)39(49)45-23-27-6-4-3-5-26(27)17-32(45)24-44-13-15-50-16-14-44;/h3-12,18-20,22,32,42,47H,13-17,23-24H2,1-2H3;1H/t32-;/m0./s1. The molecular formula is C39H38Cl2N6O4. The predicted octanol–water partition coefficient (Wildman–Crippen LogP) is 6.86. The van der Waals surface area contributed by atoms with Crippen molar-refractivity contribution in [2.75, 3.05) is 37.7 Å². The number of hydrogen-bond donors (Lipinski definition) is 2. The number of aromatic hydroxyl groups is 1. The third kappa shape index (κ3) is 7.12. The van der Waals surface area contributed by atoms with Crippen molar-refractivity contribution in [1.29, 1.82) is 5.26 Å². The second-order valence-electron chi connectivity index (χ2n) is 12.8. The molecule has 10 nitrogen and oxygen atoms in total. The Kier molecular flexibility index (Phi) is 10.6. The van der Waals surface area contributed by atoms with Gasteiger partial charge >= 0.3 is 0 Å². The number of rotatable bonds is 7. The molecule has 2 N–H and O–H groups in total. The van der Waals surface area contributed by atoms with Gasteiger partial charge in [-0.25, -0.2) is 0 Å². The molecule has 0 bridgehead atoms. The Balaban J connectivity index is 0.00000448. The fraction of sp³-hybridized carbons (Fsp3) is 0.256. The topological polar surface area (TPSA) is 118 Å². The molecule has 4 heterocycles. The van der Waals surface area contributed by atoms with E-state index >= 15 is 0 Å². The molecule has 2 aromatic heterocycles. The van der Waals surface area contributed by atoms with Crippen LogP contribution < -0.4 is 4.90 Å². The number of halogens is 2. The van der Waals surface area contributed by atoms with Gasteiger partial charge in [-0.1, -0.05) is 35.9 Å². The predicted molar refractivity (Wildman–Crippen MR) is 199 cm³/mol. The molecule has 1 saturated heterocycles. The van der Waals surface area contributed by atoms with Crippen LogP contribution in [-0.2, 0) is 24.8 Å². The molecule has 2 aliphatic heterocycles. The lowest BCUT2D eigenvalue weighted by Gasteiger charge is -2.40. The summed E-state index contributed by atoms with van der Waals surface area (Å²) in [5.41, 5.74) is 6.54. The van der Waals surface area contributed by atoms with Gasteiger partial charge in [-0.15, -0.1) is 12.4 Å². The second kappa shape index (κ2) is 15.1. The number of aromatic amines is 1. The summed E-state index contributed by atoms with van der Waals surface area (Å²) in [5, 5.41) is 20.1. The number of benzene rings is 3. The summed E-state index contributed by atoms with van der Waals surface area (Å²) in [7, 11) is 1.77. The third-order valence-electron chi connectivity index (χ3n) is 9.80. The van der Waals surface area contributed by atoms with Crippen LogP contribution in [-0.4, -0.2) is 75.2 Å². The molecule has 5 aromatic rings. The summed E-state index contributed by atoms with van der Waals surface area (Å²) in [6.45, 7) is 6.09. The van der Waals surface area contributed by atoms with Gasteiger partial charge in [0.05, 0.1) is 24.5 Å². The van der Waals surface area contributed by atoms with Gasteiger partial charge in [0.2, 0.25) is 0 Å². The van der Waals surface area contributed by atoms with Crippen molar-refractivity contribution in [2.24, 2.45) is 7.05 Å². The Morgan fingerprint density at radius 3 is 2.47 bits per heavy atom. The number of fused-ring (bicyclic) bond motifs is 1. The largest absolute Gasteiger partial charge is 0.508 e. The van der Waals surface area contributed by atoms with Crippen LogP contribution in [0.3, 0.4) is 0 Å². The van der Waals surface area contributed by atoms with Crippen molar-refractivity contribution in [1.82, 2.24) is 19.4 Å². The number of phenolic OH excluding ortho intramolecular Hbond substituents is 1. The Morgan fingerprint density at radius 2 is 1.76 bits per heavy atom. The summed E-state index contributed by atoms with van der Waals surface area (Å²) in [6, 6.07) is 25.4. The minimum Gasteiger partial charge on any atom is -0.508 e. The number of amides is 2. The number of carbonyl (C=O) groups excluding carboxylic acids is 2. The van der Waals surface area contributed by atoms with Crippen molar-refractivity contribution in [2.45, 2.75) is 25.9 Å². The third-order valence-corrected chi connectivity index (χ3v) is 10.0. The highest BCUT2D eigenvalue weighted by Gasteiger charge is 2.33. The van der Waals surface area contributed by atoms with Crippen molar-refractivity contribution in [3.63, 3.8) is 0 Å². The maximum Gasteiger partial charge on any atom is 0.264 e. The first kappa shape index (κ1) is 35.8. The number of aromatic nitrogens is 2. The molecule has 0 spiro atoms. The smallest absolute Gasteiger partial charge is 0.264 e. The highest BCUT2D eigenvalue weighted by molar-refractivity contribution is 6.31. The first-order valence-electron chi connectivity index (χ1n) is 16.6. The van der Waals surface area contributed by atoms with Crippen LogP contribution in [0.2, 0.25) is 5.02 Å². The van der Waals surface area contributed by atoms with Crippen LogP contribution in [0, 0.1) is 18.3 Å². The van der Waals surface area contributed by atoms with Crippen LogP contribution in [0.15, 0.2) is 85.1 Å². The summed E-state index contributed by atoms with van der Waals surface area (Å²) in [4.78, 5) is 38.1. The van der Waals surface area contributed by atoms with Crippen LogP contribution in [0.4, 0.5) is 11.4 Å². The molecule has 0 radical (unpaired) electrons. The zero-order valence-electron chi connectivity index (χ0n) is 28.3. The number of morpholine rings is 1. The number of phenols is 1. The van der Waals surface area contributed by atoms with Crippen LogP contribution >= 0.6 is 24.0 Å². The Bertz CT molecular complexity index is 2110. The quantitative estimate of drug-likeness (QED) is 0.190. The van der Waals surface area contributed by atoms with E-state index in [1.165, 1.54) is 22.6 Å². The number of hydrogen-bond acceptors (Lipinski definition) is 6. The van der Waals surface area contributed by atoms with Gasteiger partial charge in [0, 0.05) is 78.7 Å². The van der Waals surface area contributed by atoms with Gasteiger partial charge in [-0.3, -0.25) is 19.4 Å². The van der Waals surface area contributed by atoms with E-state index in [0.29, 0.717) is 64.2 Å². The molecule has 262 valence electrons. The van der Waals surface area contributed by atoms with Crippen LogP contribution in [0.1, 0.15) is 43.2 Å². The lowest BCUT2D eigenvalue weighted by atomic mass is 9.92. The first-order chi connectivity index (χ1) is 24.2. The van der Waals surface area contributed by atoms with Crippen molar-refractivity contribution < 1.29 is 19.4 Å².